The van der Waals surface area contributed by atoms with E-state index >= 15 is 0 Å². The average molecular weight is 134 g/mol. The Morgan fingerprint density at radius 1 is 1.20 bits per heavy atom. The summed E-state index contributed by atoms with van der Waals surface area (Å²) in [6, 6.07) is 0. The highest BCUT2D eigenvalue weighted by Gasteiger charge is 2.21. The van der Waals surface area contributed by atoms with Gasteiger partial charge in [-0.15, -0.1) is 0 Å². The first kappa shape index (κ1) is 6.21. The standard InChI is InChI=1S/C10H14/c1-8-4-2-5-9-6-3-7-10(8)9/h4,7,9H,2-3,5-6H2,1H3. The van der Waals surface area contributed by atoms with E-state index in [1.165, 1.54) is 25.7 Å². The van der Waals surface area contributed by atoms with Crippen LogP contribution in [0.15, 0.2) is 23.3 Å². The second-order valence-corrected chi connectivity index (χ2v) is 3.40. The Morgan fingerprint density at radius 3 is 2.60 bits per heavy atom. The van der Waals surface area contributed by atoms with Gasteiger partial charge < -0.3 is 0 Å². The molecule has 0 nitrogen and oxygen atoms in total. The van der Waals surface area contributed by atoms with Crippen LogP contribution >= 0.6 is 0 Å². The van der Waals surface area contributed by atoms with E-state index in [0.717, 1.165) is 5.92 Å². The molecule has 0 fully saturated rings. The lowest BCUT2D eigenvalue weighted by molar-refractivity contribution is 0.549. The minimum absolute atomic E-state index is 0.935. The van der Waals surface area contributed by atoms with Gasteiger partial charge in [-0.2, -0.15) is 0 Å². The molecule has 2 rings (SSSR count). The predicted molar refractivity (Wildman–Crippen MR) is 43.8 cm³/mol. The number of allylic oxidation sites excluding steroid dienone is 4. The van der Waals surface area contributed by atoms with Crippen LogP contribution in [0.4, 0.5) is 0 Å². The van der Waals surface area contributed by atoms with E-state index in [1.807, 2.05) is 0 Å². The number of rotatable bonds is 0. The summed E-state index contributed by atoms with van der Waals surface area (Å²) in [7, 11) is 0. The first-order valence-corrected chi connectivity index (χ1v) is 4.25. The van der Waals surface area contributed by atoms with Crippen molar-refractivity contribution < 1.29 is 0 Å². The molecule has 0 aliphatic heterocycles. The molecule has 0 bridgehead atoms. The van der Waals surface area contributed by atoms with Crippen LogP contribution in [0.5, 0.6) is 0 Å². The molecule has 0 saturated heterocycles. The van der Waals surface area contributed by atoms with Crippen molar-refractivity contribution in [2.75, 3.05) is 0 Å². The quantitative estimate of drug-likeness (QED) is 0.477. The van der Waals surface area contributed by atoms with E-state index in [0.29, 0.717) is 0 Å². The molecular weight excluding hydrogens is 120 g/mol. The molecule has 1 atom stereocenters. The van der Waals surface area contributed by atoms with Gasteiger partial charge in [0.05, 0.1) is 0 Å². The Labute approximate surface area is 62.6 Å². The Morgan fingerprint density at radius 2 is 1.90 bits per heavy atom. The van der Waals surface area contributed by atoms with Crippen molar-refractivity contribution in [1.29, 1.82) is 0 Å². The van der Waals surface area contributed by atoms with Gasteiger partial charge in [-0.1, -0.05) is 17.7 Å². The third-order valence-electron chi connectivity index (χ3n) is 2.74. The van der Waals surface area contributed by atoms with Gasteiger partial charge in [0, 0.05) is 0 Å². The van der Waals surface area contributed by atoms with E-state index in [-0.39, 0.29) is 0 Å². The van der Waals surface area contributed by atoms with Gasteiger partial charge >= 0.3 is 0 Å². The molecular formula is C10H14. The number of hydrogen-bond donors (Lipinski definition) is 0. The summed E-state index contributed by atoms with van der Waals surface area (Å²) >= 11 is 0. The van der Waals surface area contributed by atoms with Gasteiger partial charge in [0.2, 0.25) is 0 Å². The van der Waals surface area contributed by atoms with E-state index < -0.39 is 0 Å². The summed E-state index contributed by atoms with van der Waals surface area (Å²) in [6.45, 7) is 2.25. The molecule has 2 aliphatic carbocycles. The van der Waals surface area contributed by atoms with Crippen LogP contribution in [0.3, 0.4) is 0 Å². The topological polar surface area (TPSA) is 0 Å². The van der Waals surface area contributed by atoms with Gasteiger partial charge in [0.1, 0.15) is 0 Å². The molecule has 0 aromatic carbocycles. The minimum Gasteiger partial charge on any atom is -0.0813 e. The fourth-order valence-electron chi connectivity index (χ4n) is 2.16. The van der Waals surface area contributed by atoms with Crippen molar-refractivity contribution in [1.82, 2.24) is 0 Å². The Bertz CT molecular complexity index is 196. The summed E-state index contributed by atoms with van der Waals surface area (Å²) < 4.78 is 0. The zero-order chi connectivity index (χ0) is 6.97. The molecule has 0 amide bonds. The first-order chi connectivity index (χ1) is 4.88. The van der Waals surface area contributed by atoms with Gasteiger partial charge in [-0.3, -0.25) is 0 Å². The molecule has 0 radical (unpaired) electrons. The Balaban J connectivity index is 2.30. The molecule has 1 unspecified atom stereocenters. The maximum absolute atomic E-state index is 2.43. The second-order valence-electron chi connectivity index (χ2n) is 3.40. The largest absolute Gasteiger partial charge is 0.0813 e. The molecule has 54 valence electrons. The monoisotopic (exact) mass is 134 g/mol. The molecule has 0 saturated carbocycles. The van der Waals surface area contributed by atoms with Crippen molar-refractivity contribution >= 4 is 0 Å². The SMILES string of the molecule is CC1=CCCC2CCC=C12. The van der Waals surface area contributed by atoms with Crippen molar-refractivity contribution in [2.24, 2.45) is 5.92 Å². The zero-order valence-electron chi connectivity index (χ0n) is 6.56. The third kappa shape index (κ3) is 0.828. The molecule has 0 heteroatoms. The van der Waals surface area contributed by atoms with Gasteiger partial charge in [0.15, 0.2) is 0 Å². The highest BCUT2D eigenvalue weighted by Crippen LogP contribution is 2.37. The average Bonchev–Trinajstić information content (AvgIpc) is 2.36. The van der Waals surface area contributed by atoms with E-state index in [2.05, 4.69) is 19.1 Å². The van der Waals surface area contributed by atoms with Gasteiger partial charge in [0.25, 0.3) is 0 Å². The molecule has 0 aromatic rings. The van der Waals surface area contributed by atoms with Crippen molar-refractivity contribution in [3.8, 4) is 0 Å². The van der Waals surface area contributed by atoms with Crippen LogP contribution in [0, 0.1) is 5.92 Å². The van der Waals surface area contributed by atoms with Crippen LogP contribution < -0.4 is 0 Å². The lowest BCUT2D eigenvalue weighted by Crippen LogP contribution is -2.04. The lowest BCUT2D eigenvalue weighted by atomic mass is 9.86. The van der Waals surface area contributed by atoms with Crippen LogP contribution in [0.1, 0.15) is 32.6 Å². The summed E-state index contributed by atoms with van der Waals surface area (Å²) in [4.78, 5) is 0. The van der Waals surface area contributed by atoms with Crippen molar-refractivity contribution in [2.45, 2.75) is 32.6 Å². The van der Waals surface area contributed by atoms with E-state index in [1.54, 1.807) is 11.1 Å². The fourth-order valence-corrected chi connectivity index (χ4v) is 2.16. The number of fused-ring (bicyclic) bond motifs is 1. The highest BCUT2D eigenvalue weighted by molar-refractivity contribution is 5.36. The third-order valence-corrected chi connectivity index (χ3v) is 2.74. The molecule has 0 N–H and O–H groups in total. The summed E-state index contributed by atoms with van der Waals surface area (Å²) in [6.07, 6.45) is 10.3. The molecule has 0 heterocycles. The van der Waals surface area contributed by atoms with E-state index in [4.69, 9.17) is 0 Å². The van der Waals surface area contributed by atoms with Crippen molar-refractivity contribution in [3.63, 3.8) is 0 Å². The molecule has 0 aromatic heterocycles. The highest BCUT2D eigenvalue weighted by atomic mass is 14.3. The smallest absolute Gasteiger partial charge is 0.0157 e. The first-order valence-electron chi connectivity index (χ1n) is 4.25. The Kier molecular flexibility index (Phi) is 1.40. The zero-order valence-corrected chi connectivity index (χ0v) is 6.56. The Hall–Kier alpha value is -0.520. The van der Waals surface area contributed by atoms with Gasteiger partial charge in [-0.05, 0) is 44.1 Å². The summed E-state index contributed by atoms with van der Waals surface area (Å²) in [5, 5.41) is 0. The second kappa shape index (κ2) is 2.26. The van der Waals surface area contributed by atoms with Gasteiger partial charge in [-0.25, -0.2) is 0 Å². The molecule has 2 aliphatic rings. The lowest BCUT2D eigenvalue weighted by Gasteiger charge is -2.19. The fraction of sp³-hybridized carbons (Fsp3) is 0.600. The van der Waals surface area contributed by atoms with Crippen molar-refractivity contribution in [3.05, 3.63) is 23.3 Å². The van der Waals surface area contributed by atoms with Crippen LogP contribution in [-0.2, 0) is 0 Å². The minimum atomic E-state index is 0.935. The molecule has 0 spiro atoms. The van der Waals surface area contributed by atoms with E-state index in [9.17, 15) is 0 Å². The molecule has 10 heavy (non-hydrogen) atoms. The maximum atomic E-state index is 2.43. The summed E-state index contributed by atoms with van der Waals surface area (Å²) in [5.41, 5.74) is 3.21. The van der Waals surface area contributed by atoms with Crippen LogP contribution in [0.2, 0.25) is 0 Å². The van der Waals surface area contributed by atoms with Crippen LogP contribution in [-0.4, -0.2) is 0 Å². The maximum Gasteiger partial charge on any atom is -0.0157 e. The summed E-state index contributed by atoms with van der Waals surface area (Å²) in [5.74, 6) is 0.935. The predicted octanol–water partition coefficient (Wildman–Crippen LogP) is 3.06. The normalized spacial score (nSPS) is 31.1. The van der Waals surface area contributed by atoms with Crippen LogP contribution in [0.25, 0.3) is 0 Å². The number of hydrogen-bond acceptors (Lipinski definition) is 0.